The van der Waals surface area contributed by atoms with Gasteiger partial charge >= 0.3 is 0 Å². The van der Waals surface area contributed by atoms with Crippen LogP contribution in [0.1, 0.15) is 19.8 Å². The van der Waals surface area contributed by atoms with Crippen LogP contribution in [-0.2, 0) is 0 Å². The van der Waals surface area contributed by atoms with Gasteiger partial charge in [-0.3, -0.25) is 0 Å². The van der Waals surface area contributed by atoms with E-state index >= 15 is 0 Å². The SMILES string of the molecule is [CH2-][NH2+]c1ccc(OCCCC)cc1. The number of benzene rings is 1. The quantitative estimate of drug-likeness (QED) is 0.416. The molecule has 0 saturated carbocycles. The van der Waals surface area contributed by atoms with Crippen LogP contribution < -0.4 is 10.1 Å². The molecule has 2 heteroatoms. The highest BCUT2D eigenvalue weighted by Gasteiger charge is 1.93. The molecule has 0 atom stereocenters. The van der Waals surface area contributed by atoms with Crippen molar-refractivity contribution in [3.05, 3.63) is 31.3 Å². The average molecular weight is 179 g/mol. The van der Waals surface area contributed by atoms with Crippen LogP contribution >= 0.6 is 0 Å². The third-order valence-electron chi connectivity index (χ3n) is 1.88. The van der Waals surface area contributed by atoms with Gasteiger partial charge in [0.25, 0.3) is 0 Å². The van der Waals surface area contributed by atoms with Crippen LogP contribution in [0.4, 0.5) is 5.69 Å². The van der Waals surface area contributed by atoms with Crippen molar-refractivity contribution in [2.75, 3.05) is 6.61 Å². The standard InChI is InChI=1S/C11H17NO/c1-3-4-9-13-11-7-5-10(12-2)6-8-11/h5-8H,2-4,9,12H2,1H3. The summed E-state index contributed by atoms with van der Waals surface area (Å²) in [7, 11) is 3.70. The predicted molar refractivity (Wildman–Crippen MR) is 53.8 cm³/mol. The zero-order chi connectivity index (χ0) is 9.52. The highest BCUT2D eigenvalue weighted by molar-refractivity contribution is 5.35. The van der Waals surface area contributed by atoms with E-state index in [1.807, 2.05) is 29.6 Å². The van der Waals surface area contributed by atoms with Gasteiger partial charge in [-0.25, -0.2) is 0 Å². The Hall–Kier alpha value is -1.02. The minimum Gasteiger partial charge on any atom is -0.494 e. The number of quaternary nitrogens is 1. The first-order valence-electron chi connectivity index (χ1n) is 4.72. The molecule has 0 heterocycles. The molecule has 0 aliphatic rings. The number of nitrogens with two attached hydrogens (primary N) is 1. The van der Waals surface area contributed by atoms with E-state index in [9.17, 15) is 0 Å². The molecule has 2 N–H and O–H groups in total. The fourth-order valence-electron chi connectivity index (χ4n) is 1.03. The van der Waals surface area contributed by atoms with E-state index in [2.05, 4.69) is 14.0 Å². The maximum absolute atomic E-state index is 5.51. The Morgan fingerprint density at radius 1 is 1.31 bits per heavy atom. The molecular weight excluding hydrogens is 162 g/mol. The molecule has 0 saturated heterocycles. The van der Waals surface area contributed by atoms with Gasteiger partial charge in [-0.05, 0) is 18.6 Å². The predicted octanol–water partition coefficient (Wildman–Crippen LogP) is 1.85. The molecule has 1 rings (SSSR count). The summed E-state index contributed by atoms with van der Waals surface area (Å²) < 4.78 is 5.51. The number of hydrogen-bond acceptors (Lipinski definition) is 1. The van der Waals surface area contributed by atoms with E-state index in [1.54, 1.807) is 0 Å². The fraction of sp³-hybridized carbons (Fsp3) is 0.364. The van der Waals surface area contributed by atoms with Gasteiger partial charge in [-0.15, -0.1) is 7.05 Å². The molecule has 0 unspecified atom stereocenters. The summed E-state index contributed by atoms with van der Waals surface area (Å²) >= 11 is 0. The second kappa shape index (κ2) is 5.60. The molecule has 1 aromatic carbocycles. The van der Waals surface area contributed by atoms with Crippen LogP contribution in [0.5, 0.6) is 5.75 Å². The Morgan fingerprint density at radius 3 is 2.54 bits per heavy atom. The number of ether oxygens (including phenoxy) is 1. The monoisotopic (exact) mass is 179 g/mol. The van der Waals surface area contributed by atoms with Crippen molar-refractivity contribution in [3.8, 4) is 5.75 Å². The minimum absolute atomic E-state index is 0.809. The average Bonchev–Trinajstić information content (AvgIpc) is 2.19. The lowest BCUT2D eigenvalue weighted by atomic mass is 10.3. The van der Waals surface area contributed by atoms with Gasteiger partial charge < -0.3 is 10.1 Å². The van der Waals surface area contributed by atoms with Crippen molar-refractivity contribution < 1.29 is 10.1 Å². The second-order valence-corrected chi connectivity index (χ2v) is 2.98. The van der Waals surface area contributed by atoms with Crippen molar-refractivity contribution in [2.24, 2.45) is 0 Å². The van der Waals surface area contributed by atoms with E-state index in [-0.39, 0.29) is 0 Å². The van der Waals surface area contributed by atoms with Crippen LogP contribution in [0, 0.1) is 7.05 Å². The van der Waals surface area contributed by atoms with Gasteiger partial charge in [0, 0.05) is 12.1 Å². The summed E-state index contributed by atoms with van der Waals surface area (Å²) in [6.07, 6.45) is 2.29. The first-order valence-corrected chi connectivity index (χ1v) is 4.72. The third-order valence-corrected chi connectivity index (χ3v) is 1.88. The van der Waals surface area contributed by atoms with Gasteiger partial charge in [0.1, 0.15) is 11.4 Å². The van der Waals surface area contributed by atoms with Crippen LogP contribution in [0.3, 0.4) is 0 Å². The topological polar surface area (TPSA) is 25.8 Å². The lowest BCUT2D eigenvalue weighted by Crippen LogP contribution is -2.69. The molecule has 0 fully saturated rings. The molecule has 0 spiro atoms. The van der Waals surface area contributed by atoms with E-state index in [1.165, 1.54) is 6.42 Å². The van der Waals surface area contributed by atoms with Crippen molar-refractivity contribution in [2.45, 2.75) is 19.8 Å². The fourth-order valence-corrected chi connectivity index (χ4v) is 1.03. The van der Waals surface area contributed by atoms with Gasteiger partial charge in [-0.1, -0.05) is 13.3 Å². The Labute approximate surface area is 79.9 Å². The molecule has 1 aromatic rings. The molecule has 0 bridgehead atoms. The Morgan fingerprint density at radius 2 is 2.00 bits per heavy atom. The lowest BCUT2D eigenvalue weighted by Gasteiger charge is -2.05. The minimum atomic E-state index is 0.809. The van der Waals surface area contributed by atoms with Crippen molar-refractivity contribution in [1.29, 1.82) is 0 Å². The summed E-state index contributed by atoms with van der Waals surface area (Å²) in [5, 5.41) is 1.83. The summed E-state index contributed by atoms with van der Waals surface area (Å²) in [6.45, 7) is 2.97. The number of unbranched alkanes of at least 4 members (excludes halogenated alkanes) is 1. The molecule has 0 aliphatic carbocycles. The molecular formula is C11H17NO. The lowest BCUT2D eigenvalue weighted by molar-refractivity contribution is -0.504. The number of rotatable bonds is 5. The second-order valence-electron chi connectivity index (χ2n) is 2.98. The Balaban J connectivity index is 2.40. The summed E-state index contributed by atoms with van der Waals surface area (Å²) in [4.78, 5) is 0. The molecule has 0 radical (unpaired) electrons. The van der Waals surface area contributed by atoms with Gasteiger partial charge in [-0.2, -0.15) is 0 Å². The first kappa shape index (κ1) is 10.1. The van der Waals surface area contributed by atoms with E-state index in [0.717, 1.165) is 24.5 Å². The van der Waals surface area contributed by atoms with Crippen molar-refractivity contribution in [3.63, 3.8) is 0 Å². The molecule has 0 aliphatic heterocycles. The van der Waals surface area contributed by atoms with Crippen molar-refractivity contribution >= 4 is 5.69 Å². The van der Waals surface area contributed by atoms with Crippen LogP contribution in [0.2, 0.25) is 0 Å². The van der Waals surface area contributed by atoms with E-state index in [4.69, 9.17) is 4.74 Å². The van der Waals surface area contributed by atoms with Gasteiger partial charge in [0.2, 0.25) is 0 Å². The molecule has 72 valence electrons. The van der Waals surface area contributed by atoms with Gasteiger partial charge in [0.15, 0.2) is 0 Å². The maximum atomic E-state index is 5.51. The molecule has 2 nitrogen and oxygen atoms in total. The van der Waals surface area contributed by atoms with Gasteiger partial charge in [0.05, 0.1) is 6.61 Å². The highest BCUT2D eigenvalue weighted by Crippen LogP contribution is 2.12. The first-order chi connectivity index (χ1) is 6.36. The summed E-state index contributed by atoms with van der Waals surface area (Å²) in [5.74, 6) is 0.944. The van der Waals surface area contributed by atoms with E-state index in [0.29, 0.717) is 0 Å². The normalized spacial score (nSPS) is 10.0. The van der Waals surface area contributed by atoms with Crippen LogP contribution in [0.15, 0.2) is 24.3 Å². The third kappa shape index (κ3) is 3.47. The molecule has 0 amide bonds. The van der Waals surface area contributed by atoms with E-state index < -0.39 is 0 Å². The molecule has 0 aromatic heterocycles. The van der Waals surface area contributed by atoms with Crippen LogP contribution in [-0.4, -0.2) is 6.61 Å². The number of hydrogen-bond donors (Lipinski definition) is 1. The zero-order valence-corrected chi connectivity index (χ0v) is 8.12. The summed E-state index contributed by atoms with van der Waals surface area (Å²) in [5.41, 5.74) is 1.13. The van der Waals surface area contributed by atoms with Crippen LogP contribution in [0.25, 0.3) is 0 Å². The zero-order valence-electron chi connectivity index (χ0n) is 8.12. The van der Waals surface area contributed by atoms with Crippen molar-refractivity contribution in [1.82, 2.24) is 0 Å². The Kier molecular flexibility index (Phi) is 4.33. The largest absolute Gasteiger partial charge is 0.494 e. The highest BCUT2D eigenvalue weighted by atomic mass is 16.5. The maximum Gasteiger partial charge on any atom is 0.119 e. The molecule has 13 heavy (non-hydrogen) atoms. The summed E-state index contributed by atoms with van der Waals surface area (Å²) in [6, 6.07) is 7.97. The smallest absolute Gasteiger partial charge is 0.119 e. The Bertz CT molecular complexity index is 230.